The summed E-state index contributed by atoms with van der Waals surface area (Å²) in [6.07, 6.45) is 0. The van der Waals surface area contributed by atoms with E-state index in [0.29, 0.717) is 26.2 Å². The Bertz CT molecular complexity index is 954. The number of rotatable bonds is 3. The third-order valence-corrected chi connectivity index (χ3v) is 9.47. The summed E-state index contributed by atoms with van der Waals surface area (Å²) in [5.41, 5.74) is 0.198. The van der Waals surface area contributed by atoms with Crippen LogP contribution in [0, 0.1) is 12.7 Å². The van der Waals surface area contributed by atoms with Crippen LogP contribution < -0.4 is 0 Å². The van der Waals surface area contributed by atoms with E-state index in [2.05, 4.69) is 0 Å². The van der Waals surface area contributed by atoms with Gasteiger partial charge in [0.05, 0.1) is 21.7 Å². The number of piperazine rings is 1. The molecule has 0 unspecified atom stereocenters. The fourth-order valence-corrected chi connectivity index (χ4v) is 8.68. The van der Waals surface area contributed by atoms with Gasteiger partial charge in [-0.05, 0) is 30.7 Å². The number of nitrogens with zero attached hydrogens (tertiary/aromatic N) is 2. The van der Waals surface area contributed by atoms with Crippen LogP contribution >= 0.6 is 0 Å². The molecule has 2 aliphatic heterocycles. The zero-order valence-electron chi connectivity index (χ0n) is 15.3. The number of amides is 1. The molecular formula is C17H23FN2O5S2. The summed E-state index contributed by atoms with van der Waals surface area (Å²) in [7, 11) is -7.45. The summed E-state index contributed by atoms with van der Waals surface area (Å²) in [4.78, 5) is 14.9. The highest BCUT2D eigenvalue weighted by Gasteiger charge is 2.48. The van der Waals surface area contributed by atoms with Gasteiger partial charge in [0, 0.05) is 39.1 Å². The van der Waals surface area contributed by atoms with Gasteiger partial charge in [0.2, 0.25) is 5.91 Å². The van der Waals surface area contributed by atoms with Crippen molar-refractivity contribution in [3.05, 3.63) is 29.6 Å². The second kappa shape index (κ2) is 7.14. The minimum absolute atomic E-state index is 0.0559. The number of halogens is 1. The van der Waals surface area contributed by atoms with Crippen molar-refractivity contribution in [2.75, 3.05) is 37.7 Å². The highest BCUT2D eigenvalue weighted by molar-refractivity contribution is 7.96. The van der Waals surface area contributed by atoms with Gasteiger partial charge < -0.3 is 4.90 Å². The lowest BCUT2D eigenvalue weighted by atomic mass is 10.2. The van der Waals surface area contributed by atoms with Crippen LogP contribution in [0.2, 0.25) is 0 Å². The Morgan fingerprint density at radius 1 is 1.15 bits per heavy atom. The molecule has 10 heteroatoms. The molecule has 2 saturated heterocycles. The molecule has 0 aromatic heterocycles. The molecule has 150 valence electrons. The van der Waals surface area contributed by atoms with Crippen molar-refractivity contribution in [2.24, 2.45) is 0 Å². The van der Waals surface area contributed by atoms with E-state index in [0.717, 1.165) is 6.07 Å². The number of aryl methyl sites for hydroxylation is 1. The molecule has 0 aliphatic carbocycles. The van der Waals surface area contributed by atoms with Crippen LogP contribution in [0.5, 0.6) is 0 Å². The molecule has 2 atom stereocenters. The molecule has 3 rings (SSSR count). The number of hydrogen-bond donors (Lipinski definition) is 0. The van der Waals surface area contributed by atoms with Crippen LogP contribution in [0.25, 0.3) is 0 Å². The predicted octanol–water partition coefficient (Wildman–Crippen LogP) is 0.238. The van der Waals surface area contributed by atoms with Crippen molar-refractivity contribution in [3.8, 4) is 0 Å². The second-order valence-corrected chi connectivity index (χ2v) is 11.5. The van der Waals surface area contributed by atoms with Crippen molar-refractivity contribution >= 4 is 25.6 Å². The third-order valence-electron chi connectivity index (χ3n) is 5.36. The van der Waals surface area contributed by atoms with E-state index < -0.39 is 42.5 Å². The second-order valence-electron chi connectivity index (χ2n) is 7.18. The van der Waals surface area contributed by atoms with Gasteiger partial charge in [-0.25, -0.2) is 21.2 Å². The van der Waals surface area contributed by atoms with Crippen molar-refractivity contribution in [1.29, 1.82) is 0 Å². The SMILES string of the molecule is CC(=O)N1CCN([C@@H]2CS(=O)(=O)C[C@H]2S(=O)(=O)c2ccc(F)c(C)c2)CC1. The van der Waals surface area contributed by atoms with Crippen LogP contribution in [0.4, 0.5) is 4.39 Å². The van der Waals surface area contributed by atoms with Gasteiger partial charge in [0.15, 0.2) is 19.7 Å². The maximum Gasteiger partial charge on any atom is 0.219 e. The summed E-state index contributed by atoms with van der Waals surface area (Å²) in [5.74, 6) is -1.23. The van der Waals surface area contributed by atoms with Crippen LogP contribution in [-0.2, 0) is 24.5 Å². The molecule has 0 bridgehead atoms. The molecule has 2 aliphatic rings. The lowest BCUT2D eigenvalue weighted by Crippen LogP contribution is -2.55. The van der Waals surface area contributed by atoms with Crippen LogP contribution in [0.1, 0.15) is 12.5 Å². The Morgan fingerprint density at radius 3 is 2.33 bits per heavy atom. The van der Waals surface area contributed by atoms with Gasteiger partial charge in [-0.3, -0.25) is 9.69 Å². The molecule has 0 spiro atoms. The molecule has 0 N–H and O–H groups in total. The Labute approximate surface area is 159 Å². The smallest absolute Gasteiger partial charge is 0.219 e. The monoisotopic (exact) mass is 418 g/mol. The third kappa shape index (κ3) is 4.02. The van der Waals surface area contributed by atoms with Gasteiger partial charge in [0.25, 0.3) is 0 Å². The Hall–Kier alpha value is -1.52. The van der Waals surface area contributed by atoms with Gasteiger partial charge in [-0.1, -0.05) is 0 Å². The number of sulfone groups is 2. The fourth-order valence-electron chi connectivity index (χ4n) is 3.77. The van der Waals surface area contributed by atoms with E-state index in [-0.39, 0.29) is 22.1 Å². The van der Waals surface area contributed by atoms with E-state index in [4.69, 9.17) is 0 Å². The zero-order valence-corrected chi connectivity index (χ0v) is 16.9. The molecule has 1 aromatic rings. The summed E-state index contributed by atoms with van der Waals surface area (Å²) < 4.78 is 64.3. The number of benzene rings is 1. The van der Waals surface area contributed by atoms with E-state index in [9.17, 15) is 26.0 Å². The first-order valence-corrected chi connectivity index (χ1v) is 12.1. The predicted molar refractivity (Wildman–Crippen MR) is 98.4 cm³/mol. The van der Waals surface area contributed by atoms with E-state index in [1.807, 2.05) is 4.90 Å². The van der Waals surface area contributed by atoms with Crippen LogP contribution in [-0.4, -0.2) is 81.5 Å². The van der Waals surface area contributed by atoms with Crippen molar-refractivity contribution in [3.63, 3.8) is 0 Å². The molecule has 7 nitrogen and oxygen atoms in total. The lowest BCUT2D eigenvalue weighted by Gasteiger charge is -2.39. The maximum atomic E-state index is 13.5. The average Bonchev–Trinajstić information content (AvgIpc) is 2.94. The summed E-state index contributed by atoms with van der Waals surface area (Å²) in [5, 5.41) is -1.10. The summed E-state index contributed by atoms with van der Waals surface area (Å²) in [6, 6.07) is 2.86. The Kier molecular flexibility index (Phi) is 5.35. The van der Waals surface area contributed by atoms with E-state index in [1.165, 1.54) is 26.0 Å². The van der Waals surface area contributed by atoms with Crippen LogP contribution in [0.15, 0.2) is 23.1 Å². The molecule has 2 fully saturated rings. The number of carbonyl (C=O) groups excluding carboxylic acids is 1. The molecule has 1 aromatic carbocycles. The minimum atomic E-state index is -3.95. The van der Waals surface area contributed by atoms with Crippen molar-refractivity contribution < 1.29 is 26.0 Å². The standard InChI is InChI=1S/C17H23FN2O5S2/c1-12-9-14(3-4-15(12)18)27(24,25)17-11-26(22,23)10-16(17)20-7-5-19(6-8-20)13(2)21/h3-4,9,16-17H,5-8,10-11H2,1-2H3/t16-,17-/m1/s1. The quantitative estimate of drug-likeness (QED) is 0.653. The summed E-state index contributed by atoms with van der Waals surface area (Å²) >= 11 is 0. The number of hydrogen-bond acceptors (Lipinski definition) is 6. The largest absolute Gasteiger partial charge is 0.340 e. The van der Waals surface area contributed by atoms with Gasteiger partial charge in [-0.2, -0.15) is 0 Å². The molecule has 0 radical (unpaired) electrons. The summed E-state index contributed by atoms with van der Waals surface area (Å²) in [6.45, 7) is 4.67. The average molecular weight is 419 g/mol. The zero-order chi connectivity index (χ0) is 20.0. The normalized spacial score (nSPS) is 26.3. The van der Waals surface area contributed by atoms with Gasteiger partial charge in [0.1, 0.15) is 5.82 Å². The van der Waals surface area contributed by atoms with Gasteiger partial charge in [-0.15, -0.1) is 0 Å². The maximum absolute atomic E-state index is 13.5. The topological polar surface area (TPSA) is 91.8 Å². The molecule has 0 saturated carbocycles. The van der Waals surface area contributed by atoms with Crippen molar-refractivity contribution in [2.45, 2.75) is 30.0 Å². The van der Waals surface area contributed by atoms with Crippen molar-refractivity contribution in [1.82, 2.24) is 9.80 Å². The molecule has 2 heterocycles. The number of carbonyl (C=O) groups is 1. The van der Waals surface area contributed by atoms with Crippen LogP contribution in [0.3, 0.4) is 0 Å². The Balaban J connectivity index is 1.90. The fraction of sp³-hybridized carbons (Fsp3) is 0.588. The molecule has 1 amide bonds. The highest BCUT2D eigenvalue weighted by atomic mass is 32.2. The van der Waals surface area contributed by atoms with Gasteiger partial charge >= 0.3 is 0 Å². The Morgan fingerprint density at radius 2 is 1.78 bits per heavy atom. The first kappa shape index (κ1) is 20.2. The minimum Gasteiger partial charge on any atom is -0.340 e. The first-order valence-electron chi connectivity index (χ1n) is 8.71. The molecular weight excluding hydrogens is 395 g/mol. The van der Waals surface area contributed by atoms with E-state index >= 15 is 0 Å². The first-order chi connectivity index (χ1) is 12.5. The highest BCUT2D eigenvalue weighted by Crippen LogP contribution is 2.30. The lowest BCUT2D eigenvalue weighted by molar-refractivity contribution is -0.130. The molecule has 27 heavy (non-hydrogen) atoms. The van der Waals surface area contributed by atoms with E-state index in [1.54, 1.807) is 4.90 Å².